The summed E-state index contributed by atoms with van der Waals surface area (Å²) in [4.78, 5) is 16.2. The van der Waals surface area contributed by atoms with Crippen LogP contribution in [0.3, 0.4) is 0 Å². The Labute approximate surface area is 132 Å². The first-order chi connectivity index (χ1) is 10.7. The van der Waals surface area contributed by atoms with Gasteiger partial charge in [0.15, 0.2) is 5.58 Å². The van der Waals surface area contributed by atoms with Gasteiger partial charge in [-0.05, 0) is 30.3 Å². The topological polar surface area (TPSA) is 81.2 Å². The van der Waals surface area contributed by atoms with E-state index in [9.17, 15) is 4.79 Å². The van der Waals surface area contributed by atoms with E-state index in [1.807, 2.05) is 24.3 Å². The Hall–Kier alpha value is -2.37. The van der Waals surface area contributed by atoms with Gasteiger partial charge in [0.2, 0.25) is 11.8 Å². The van der Waals surface area contributed by atoms with Gasteiger partial charge < -0.3 is 15.5 Å². The maximum atomic E-state index is 11.8. The van der Waals surface area contributed by atoms with Crippen LogP contribution in [0.4, 0.5) is 5.69 Å². The van der Waals surface area contributed by atoms with E-state index >= 15 is 0 Å². The molecule has 3 N–H and O–H groups in total. The number of aromatic nitrogens is 1. The molecule has 112 valence electrons. The number of carbonyl (C=O) groups excluding carboxylic acids is 1. The highest BCUT2D eigenvalue weighted by Crippen LogP contribution is 2.32. The van der Waals surface area contributed by atoms with Gasteiger partial charge in [-0.3, -0.25) is 4.79 Å². The third-order valence-electron chi connectivity index (χ3n) is 3.15. The minimum atomic E-state index is -0.165. The Morgan fingerprint density at radius 1 is 1.27 bits per heavy atom. The molecule has 3 aromatic rings. The summed E-state index contributed by atoms with van der Waals surface area (Å²) in [5, 5.41) is 3.34. The summed E-state index contributed by atoms with van der Waals surface area (Å²) >= 11 is 6.06. The number of oxazole rings is 1. The lowest BCUT2D eigenvalue weighted by molar-refractivity contribution is -0.116. The highest BCUT2D eigenvalue weighted by Gasteiger charge is 2.14. The van der Waals surface area contributed by atoms with E-state index in [1.165, 1.54) is 0 Å². The molecule has 0 aliphatic carbocycles. The number of halogens is 1. The Morgan fingerprint density at radius 2 is 2.09 bits per heavy atom. The number of rotatable bonds is 4. The minimum Gasteiger partial charge on any atom is -0.436 e. The molecule has 0 aliphatic heterocycles. The number of hydrogen-bond acceptors (Lipinski definition) is 4. The van der Waals surface area contributed by atoms with Crippen LogP contribution in [0.25, 0.3) is 22.6 Å². The van der Waals surface area contributed by atoms with Gasteiger partial charge in [-0.25, -0.2) is 4.98 Å². The molecule has 5 nitrogen and oxygen atoms in total. The largest absolute Gasteiger partial charge is 0.436 e. The van der Waals surface area contributed by atoms with E-state index in [0.717, 1.165) is 5.52 Å². The van der Waals surface area contributed by atoms with Gasteiger partial charge in [-0.2, -0.15) is 0 Å². The van der Waals surface area contributed by atoms with Crippen LogP contribution in [0.1, 0.15) is 6.42 Å². The first-order valence-corrected chi connectivity index (χ1v) is 7.20. The van der Waals surface area contributed by atoms with Crippen molar-refractivity contribution in [2.45, 2.75) is 6.42 Å². The Bertz CT molecular complexity index is 796. The van der Waals surface area contributed by atoms with E-state index in [0.29, 0.717) is 27.7 Å². The number of nitrogens with zero attached hydrogens (tertiary/aromatic N) is 1. The van der Waals surface area contributed by atoms with Crippen molar-refractivity contribution in [1.82, 2.24) is 4.98 Å². The fourth-order valence-electron chi connectivity index (χ4n) is 2.13. The molecule has 6 heteroatoms. The summed E-state index contributed by atoms with van der Waals surface area (Å²) in [6, 6.07) is 12.6. The second kappa shape index (κ2) is 6.17. The van der Waals surface area contributed by atoms with E-state index in [2.05, 4.69) is 10.3 Å². The lowest BCUT2D eigenvalue weighted by Crippen LogP contribution is -2.16. The Morgan fingerprint density at radius 3 is 2.86 bits per heavy atom. The van der Waals surface area contributed by atoms with E-state index in [4.69, 9.17) is 21.8 Å². The molecule has 1 heterocycles. The average molecular weight is 316 g/mol. The van der Waals surface area contributed by atoms with Gasteiger partial charge in [0.25, 0.3) is 0 Å². The van der Waals surface area contributed by atoms with E-state index in [-0.39, 0.29) is 18.9 Å². The number of carbonyl (C=O) groups is 1. The second-order valence-electron chi connectivity index (χ2n) is 4.76. The molecule has 0 saturated heterocycles. The molecule has 1 amide bonds. The molecular weight excluding hydrogens is 302 g/mol. The van der Waals surface area contributed by atoms with Crippen LogP contribution < -0.4 is 11.1 Å². The monoisotopic (exact) mass is 315 g/mol. The summed E-state index contributed by atoms with van der Waals surface area (Å²) in [5.74, 6) is 0.244. The fourth-order valence-corrected chi connectivity index (χ4v) is 2.31. The molecule has 2 aromatic carbocycles. The average Bonchev–Trinajstić information content (AvgIpc) is 2.93. The summed E-state index contributed by atoms with van der Waals surface area (Å²) in [5.41, 5.74) is 8.04. The van der Waals surface area contributed by atoms with Crippen molar-refractivity contribution < 1.29 is 9.21 Å². The van der Waals surface area contributed by atoms with Crippen molar-refractivity contribution in [3.63, 3.8) is 0 Å². The normalized spacial score (nSPS) is 10.8. The SMILES string of the molecule is NCCC(=O)Nc1ccc(Cl)cc1-c1nc2ccccc2o1. The maximum absolute atomic E-state index is 11.8. The lowest BCUT2D eigenvalue weighted by Gasteiger charge is -2.09. The number of fused-ring (bicyclic) bond motifs is 1. The van der Waals surface area contributed by atoms with Crippen LogP contribution in [-0.2, 0) is 4.79 Å². The minimum absolute atomic E-state index is 0.165. The number of para-hydroxylation sites is 2. The van der Waals surface area contributed by atoms with Crippen LogP contribution in [0.15, 0.2) is 46.9 Å². The van der Waals surface area contributed by atoms with Crippen LogP contribution in [0.5, 0.6) is 0 Å². The highest BCUT2D eigenvalue weighted by molar-refractivity contribution is 6.31. The molecule has 0 aliphatic rings. The van der Waals surface area contributed by atoms with Gasteiger partial charge >= 0.3 is 0 Å². The lowest BCUT2D eigenvalue weighted by atomic mass is 10.1. The number of hydrogen-bond donors (Lipinski definition) is 2. The number of nitrogens with two attached hydrogens (primary N) is 1. The molecule has 0 radical (unpaired) electrons. The molecule has 0 atom stereocenters. The van der Waals surface area contributed by atoms with Gasteiger partial charge in [0, 0.05) is 18.0 Å². The van der Waals surface area contributed by atoms with Crippen molar-refractivity contribution >= 4 is 34.3 Å². The summed E-state index contributed by atoms with van der Waals surface area (Å²) < 4.78 is 5.75. The highest BCUT2D eigenvalue weighted by atomic mass is 35.5. The fraction of sp³-hybridized carbons (Fsp3) is 0.125. The number of amides is 1. The quantitative estimate of drug-likeness (QED) is 0.772. The van der Waals surface area contributed by atoms with Gasteiger partial charge in [0.1, 0.15) is 5.52 Å². The summed E-state index contributed by atoms with van der Waals surface area (Å²) in [7, 11) is 0. The van der Waals surface area contributed by atoms with Crippen LogP contribution in [0.2, 0.25) is 5.02 Å². The molecule has 0 spiro atoms. The van der Waals surface area contributed by atoms with Crippen molar-refractivity contribution in [1.29, 1.82) is 0 Å². The van der Waals surface area contributed by atoms with Crippen molar-refractivity contribution in [2.24, 2.45) is 5.73 Å². The van der Waals surface area contributed by atoms with Gasteiger partial charge in [0.05, 0.1) is 11.3 Å². The van der Waals surface area contributed by atoms with Gasteiger partial charge in [-0.15, -0.1) is 0 Å². The molecular formula is C16H14ClN3O2. The number of benzene rings is 2. The molecule has 1 aromatic heterocycles. The zero-order chi connectivity index (χ0) is 15.5. The molecule has 0 unspecified atom stereocenters. The van der Waals surface area contributed by atoms with Gasteiger partial charge in [-0.1, -0.05) is 23.7 Å². The smallest absolute Gasteiger partial charge is 0.229 e. The Kier molecular flexibility index (Phi) is 4.09. The molecule has 22 heavy (non-hydrogen) atoms. The maximum Gasteiger partial charge on any atom is 0.229 e. The molecule has 0 saturated carbocycles. The number of nitrogens with one attached hydrogen (secondary N) is 1. The zero-order valence-corrected chi connectivity index (χ0v) is 12.4. The van der Waals surface area contributed by atoms with Crippen LogP contribution in [-0.4, -0.2) is 17.4 Å². The van der Waals surface area contributed by atoms with Crippen molar-refractivity contribution in [3.05, 3.63) is 47.5 Å². The van der Waals surface area contributed by atoms with E-state index < -0.39 is 0 Å². The van der Waals surface area contributed by atoms with Crippen LogP contribution in [0, 0.1) is 0 Å². The first-order valence-electron chi connectivity index (χ1n) is 6.83. The third kappa shape index (κ3) is 2.95. The van der Waals surface area contributed by atoms with E-state index in [1.54, 1.807) is 18.2 Å². The molecule has 0 bridgehead atoms. The van der Waals surface area contributed by atoms with Crippen molar-refractivity contribution in [3.8, 4) is 11.5 Å². The molecule has 3 rings (SSSR count). The zero-order valence-electron chi connectivity index (χ0n) is 11.7. The summed E-state index contributed by atoms with van der Waals surface area (Å²) in [6.07, 6.45) is 0.246. The number of anilines is 1. The third-order valence-corrected chi connectivity index (χ3v) is 3.39. The first kappa shape index (κ1) is 14.6. The standard InChI is InChI=1S/C16H14ClN3O2/c17-10-5-6-12(19-15(21)7-8-18)11(9-10)16-20-13-3-1-2-4-14(13)22-16/h1-6,9H,7-8,18H2,(H,19,21). The Balaban J connectivity index is 2.04. The second-order valence-corrected chi connectivity index (χ2v) is 5.20. The van der Waals surface area contributed by atoms with Crippen molar-refractivity contribution in [2.75, 3.05) is 11.9 Å². The predicted molar refractivity (Wildman–Crippen MR) is 86.8 cm³/mol. The molecule has 0 fully saturated rings. The summed E-state index contributed by atoms with van der Waals surface area (Å²) in [6.45, 7) is 0.289. The predicted octanol–water partition coefficient (Wildman–Crippen LogP) is 3.44. The van der Waals surface area contributed by atoms with Crippen LogP contribution >= 0.6 is 11.6 Å².